The van der Waals surface area contributed by atoms with Gasteiger partial charge in [-0.3, -0.25) is 4.79 Å². The number of carbonyl (C=O) groups is 1. The molecule has 148 valence electrons. The Hall–Kier alpha value is -2.73. The number of nitrogens with one attached hydrogen (secondary N) is 1. The lowest BCUT2D eigenvalue weighted by molar-refractivity contribution is -0.115. The Morgan fingerprint density at radius 3 is 2.50 bits per heavy atom. The number of amides is 1. The maximum Gasteiger partial charge on any atom is 0.228 e. The van der Waals surface area contributed by atoms with Crippen LogP contribution in [0, 0.1) is 6.92 Å². The molecule has 2 aromatic rings. The standard InChI is InChI=1S/C22H27N3O3/c1-16-13-18(25-9-7-24(2)8-10-25)4-5-19(16)23-22(26)15-17-3-6-20-21(14-17)28-12-11-27-20/h3-6,13-14H,7-12,15H2,1-2H3,(H,23,26). The zero-order valence-electron chi connectivity index (χ0n) is 16.5. The van der Waals surface area contributed by atoms with Gasteiger partial charge in [-0.25, -0.2) is 0 Å². The van der Waals surface area contributed by atoms with E-state index in [1.807, 2.05) is 31.2 Å². The van der Waals surface area contributed by atoms with Gasteiger partial charge in [0.2, 0.25) is 5.91 Å². The zero-order valence-corrected chi connectivity index (χ0v) is 16.5. The van der Waals surface area contributed by atoms with Crippen molar-refractivity contribution in [3.8, 4) is 11.5 Å². The maximum absolute atomic E-state index is 12.5. The first kappa shape index (κ1) is 18.6. The number of ether oxygens (including phenoxy) is 2. The minimum atomic E-state index is -0.0351. The van der Waals surface area contributed by atoms with Crippen molar-refractivity contribution in [3.63, 3.8) is 0 Å². The summed E-state index contributed by atoms with van der Waals surface area (Å²) in [5, 5.41) is 3.04. The summed E-state index contributed by atoms with van der Waals surface area (Å²) >= 11 is 0. The van der Waals surface area contributed by atoms with Crippen LogP contribution in [0.15, 0.2) is 36.4 Å². The number of nitrogens with zero attached hydrogens (tertiary/aromatic N) is 2. The Bertz CT molecular complexity index is 860. The topological polar surface area (TPSA) is 54.0 Å². The van der Waals surface area contributed by atoms with Crippen LogP contribution in [-0.2, 0) is 11.2 Å². The number of carbonyl (C=O) groups excluding carboxylic acids is 1. The van der Waals surface area contributed by atoms with Crippen molar-refractivity contribution in [2.45, 2.75) is 13.3 Å². The van der Waals surface area contributed by atoms with E-state index in [9.17, 15) is 4.79 Å². The van der Waals surface area contributed by atoms with Gasteiger partial charge < -0.3 is 24.6 Å². The molecule has 1 saturated heterocycles. The third-order valence-electron chi connectivity index (χ3n) is 5.32. The molecule has 2 aromatic carbocycles. The molecule has 6 nitrogen and oxygen atoms in total. The van der Waals surface area contributed by atoms with Crippen molar-refractivity contribution >= 4 is 17.3 Å². The summed E-state index contributed by atoms with van der Waals surface area (Å²) in [5.41, 5.74) is 4.07. The highest BCUT2D eigenvalue weighted by molar-refractivity contribution is 5.93. The number of rotatable bonds is 4. The van der Waals surface area contributed by atoms with Gasteiger partial charge in [-0.05, 0) is 55.4 Å². The molecule has 0 spiro atoms. The molecular weight excluding hydrogens is 354 g/mol. The van der Waals surface area contributed by atoms with Crippen LogP contribution >= 0.6 is 0 Å². The highest BCUT2D eigenvalue weighted by atomic mass is 16.6. The summed E-state index contributed by atoms with van der Waals surface area (Å²) < 4.78 is 11.1. The third kappa shape index (κ3) is 4.22. The van der Waals surface area contributed by atoms with Gasteiger partial charge in [0.1, 0.15) is 13.2 Å². The predicted octanol–water partition coefficient (Wildman–Crippen LogP) is 2.70. The Kier molecular flexibility index (Phi) is 5.39. The lowest BCUT2D eigenvalue weighted by Crippen LogP contribution is -2.44. The predicted molar refractivity (Wildman–Crippen MR) is 111 cm³/mol. The van der Waals surface area contributed by atoms with Crippen molar-refractivity contribution in [1.82, 2.24) is 4.90 Å². The van der Waals surface area contributed by atoms with E-state index in [4.69, 9.17) is 9.47 Å². The minimum Gasteiger partial charge on any atom is -0.486 e. The van der Waals surface area contributed by atoms with Crippen LogP contribution in [0.4, 0.5) is 11.4 Å². The monoisotopic (exact) mass is 381 g/mol. The molecule has 6 heteroatoms. The van der Waals surface area contributed by atoms with Crippen LogP contribution in [0.2, 0.25) is 0 Å². The van der Waals surface area contributed by atoms with Crippen LogP contribution in [-0.4, -0.2) is 57.2 Å². The summed E-state index contributed by atoms with van der Waals surface area (Å²) in [5.74, 6) is 1.42. The average molecular weight is 381 g/mol. The molecule has 1 amide bonds. The van der Waals surface area contributed by atoms with E-state index >= 15 is 0 Å². The molecule has 1 N–H and O–H groups in total. The number of hydrogen-bond donors (Lipinski definition) is 1. The molecule has 0 radical (unpaired) electrons. The van der Waals surface area contributed by atoms with Crippen molar-refractivity contribution in [2.75, 3.05) is 56.7 Å². The molecule has 0 atom stereocenters. The number of benzene rings is 2. The molecule has 4 rings (SSSR count). The number of hydrogen-bond acceptors (Lipinski definition) is 5. The number of likely N-dealkylation sites (N-methyl/N-ethyl adjacent to an activating group) is 1. The summed E-state index contributed by atoms with van der Waals surface area (Å²) in [6, 6.07) is 11.9. The molecule has 0 aromatic heterocycles. The van der Waals surface area contributed by atoms with Crippen molar-refractivity contribution < 1.29 is 14.3 Å². The van der Waals surface area contributed by atoms with Gasteiger partial charge in [-0.2, -0.15) is 0 Å². The minimum absolute atomic E-state index is 0.0351. The van der Waals surface area contributed by atoms with Gasteiger partial charge in [0.25, 0.3) is 0 Å². The summed E-state index contributed by atoms with van der Waals surface area (Å²) in [4.78, 5) is 17.3. The van der Waals surface area contributed by atoms with E-state index in [1.165, 1.54) is 5.69 Å². The molecule has 0 aliphatic carbocycles. The van der Waals surface area contributed by atoms with Crippen LogP contribution in [0.5, 0.6) is 11.5 Å². The van der Waals surface area contributed by atoms with Crippen molar-refractivity contribution in [2.24, 2.45) is 0 Å². The number of piperazine rings is 1. The fraction of sp³-hybridized carbons (Fsp3) is 0.409. The molecule has 0 bridgehead atoms. The molecule has 28 heavy (non-hydrogen) atoms. The van der Waals surface area contributed by atoms with E-state index in [-0.39, 0.29) is 5.91 Å². The summed E-state index contributed by atoms with van der Waals surface area (Å²) in [6.45, 7) is 7.37. The van der Waals surface area contributed by atoms with Crippen LogP contribution in [0.3, 0.4) is 0 Å². The van der Waals surface area contributed by atoms with E-state index in [0.29, 0.717) is 25.4 Å². The molecular formula is C22H27N3O3. The molecule has 2 aliphatic rings. The third-order valence-corrected chi connectivity index (χ3v) is 5.32. The second-order valence-electron chi connectivity index (χ2n) is 7.49. The highest BCUT2D eigenvalue weighted by Gasteiger charge is 2.16. The normalized spacial score (nSPS) is 16.7. The molecule has 2 aliphatic heterocycles. The van der Waals surface area contributed by atoms with Gasteiger partial charge >= 0.3 is 0 Å². The van der Waals surface area contributed by atoms with Gasteiger partial charge in [-0.1, -0.05) is 6.07 Å². The Balaban J connectivity index is 1.39. The lowest BCUT2D eigenvalue weighted by atomic mass is 10.1. The van der Waals surface area contributed by atoms with Crippen molar-refractivity contribution in [3.05, 3.63) is 47.5 Å². The first-order valence-electron chi connectivity index (χ1n) is 9.81. The van der Waals surface area contributed by atoms with E-state index < -0.39 is 0 Å². The second-order valence-corrected chi connectivity index (χ2v) is 7.49. The summed E-state index contributed by atoms with van der Waals surface area (Å²) in [6.07, 6.45) is 0.302. The first-order chi connectivity index (χ1) is 13.6. The Morgan fingerprint density at radius 1 is 1.00 bits per heavy atom. The van der Waals surface area contributed by atoms with Gasteiger partial charge in [0, 0.05) is 37.6 Å². The maximum atomic E-state index is 12.5. The van der Waals surface area contributed by atoms with Crippen LogP contribution in [0.25, 0.3) is 0 Å². The van der Waals surface area contributed by atoms with Gasteiger partial charge in [-0.15, -0.1) is 0 Å². The smallest absolute Gasteiger partial charge is 0.228 e. The van der Waals surface area contributed by atoms with Crippen molar-refractivity contribution in [1.29, 1.82) is 0 Å². The quantitative estimate of drug-likeness (QED) is 0.883. The molecule has 2 heterocycles. The summed E-state index contributed by atoms with van der Waals surface area (Å²) in [7, 11) is 2.16. The zero-order chi connectivity index (χ0) is 19.5. The van der Waals surface area contributed by atoms with Crippen LogP contribution < -0.4 is 19.7 Å². The van der Waals surface area contributed by atoms with E-state index in [1.54, 1.807) is 0 Å². The van der Waals surface area contributed by atoms with E-state index in [2.05, 4.69) is 34.3 Å². The van der Waals surface area contributed by atoms with E-state index in [0.717, 1.165) is 48.7 Å². The highest BCUT2D eigenvalue weighted by Crippen LogP contribution is 2.31. The fourth-order valence-electron chi connectivity index (χ4n) is 3.63. The second kappa shape index (κ2) is 8.10. The Labute approximate surface area is 166 Å². The molecule has 1 fully saturated rings. The number of anilines is 2. The first-order valence-corrected chi connectivity index (χ1v) is 9.81. The number of aryl methyl sites for hydroxylation is 1. The van der Waals surface area contributed by atoms with Gasteiger partial charge in [0.15, 0.2) is 11.5 Å². The Morgan fingerprint density at radius 2 is 1.75 bits per heavy atom. The van der Waals surface area contributed by atoms with Crippen LogP contribution in [0.1, 0.15) is 11.1 Å². The molecule has 0 unspecified atom stereocenters. The fourth-order valence-corrected chi connectivity index (χ4v) is 3.63. The largest absolute Gasteiger partial charge is 0.486 e. The lowest BCUT2D eigenvalue weighted by Gasteiger charge is -2.34. The SMILES string of the molecule is Cc1cc(N2CCN(C)CC2)ccc1NC(=O)Cc1ccc2c(c1)OCCO2. The molecule has 0 saturated carbocycles. The van der Waals surface area contributed by atoms with Gasteiger partial charge in [0.05, 0.1) is 6.42 Å². The number of fused-ring (bicyclic) bond motifs is 1. The average Bonchev–Trinajstić information content (AvgIpc) is 2.70.